The first kappa shape index (κ1) is 16.2. The predicted octanol–water partition coefficient (Wildman–Crippen LogP) is 1.81. The van der Waals surface area contributed by atoms with E-state index in [0.717, 1.165) is 27.7 Å². The summed E-state index contributed by atoms with van der Waals surface area (Å²) in [6.07, 6.45) is 5.98. The van der Waals surface area contributed by atoms with Crippen molar-refractivity contribution in [2.45, 2.75) is 31.6 Å². The third kappa shape index (κ3) is 2.92. The van der Waals surface area contributed by atoms with Crippen LogP contribution in [0, 0.1) is 0 Å². The van der Waals surface area contributed by atoms with E-state index in [1.807, 2.05) is 24.4 Å². The van der Waals surface area contributed by atoms with E-state index in [9.17, 15) is 9.90 Å². The maximum Gasteiger partial charge on any atom is 0.327 e. The Kier molecular flexibility index (Phi) is 3.80. The average molecular weight is 365 g/mol. The summed E-state index contributed by atoms with van der Waals surface area (Å²) in [7, 11) is 0. The van der Waals surface area contributed by atoms with Crippen LogP contribution in [-0.4, -0.2) is 48.4 Å². The molecule has 2 atom stereocenters. The normalized spacial score (nSPS) is 20.5. The average Bonchev–Trinajstić information content (AvgIpc) is 3.25. The summed E-state index contributed by atoms with van der Waals surface area (Å²) in [5.41, 5.74) is 3.68. The van der Waals surface area contributed by atoms with Gasteiger partial charge in [0, 0.05) is 48.1 Å². The highest BCUT2D eigenvalue weighted by Gasteiger charge is 2.23. The first-order valence-corrected chi connectivity index (χ1v) is 8.99. The summed E-state index contributed by atoms with van der Waals surface area (Å²) < 4.78 is 7.35. The molecule has 1 fully saturated rings. The Hall–Kier alpha value is -2.97. The minimum atomic E-state index is -0.377. The molecule has 1 saturated heterocycles. The summed E-state index contributed by atoms with van der Waals surface area (Å²) in [4.78, 5) is 27.1. The van der Waals surface area contributed by atoms with E-state index < -0.39 is 0 Å². The summed E-state index contributed by atoms with van der Waals surface area (Å²) in [6.45, 7) is 0.894. The number of hydrogen-bond acceptors (Lipinski definition) is 5. The van der Waals surface area contributed by atoms with Crippen molar-refractivity contribution in [2.75, 3.05) is 6.61 Å². The molecule has 0 unspecified atom stereocenters. The molecule has 0 spiro atoms. The Labute approximate surface area is 153 Å². The fourth-order valence-corrected chi connectivity index (χ4v) is 3.66. The standard InChI is InChI=1S/C19H19N5O3/c25-14-2-4-27-15(7-14)10-24-16-6-13(9-22-18(16)23-19(24)26)12-5-11-1-3-20-17(11)21-8-12/h1,3,5-6,8-9,14-15,25H,2,4,7,10H2,(H,20,21)(H,22,23,26)/t14-,15-/m1/s1. The zero-order chi connectivity index (χ0) is 18.4. The lowest BCUT2D eigenvalue weighted by Gasteiger charge is -2.26. The molecule has 5 rings (SSSR count). The minimum Gasteiger partial charge on any atom is -0.393 e. The van der Waals surface area contributed by atoms with Gasteiger partial charge in [0.1, 0.15) is 5.65 Å². The molecule has 0 radical (unpaired) electrons. The molecular formula is C19H19N5O3. The molecule has 27 heavy (non-hydrogen) atoms. The Morgan fingerprint density at radius 1 is 1.22 bits per heavy atom. The van der Waals surface area contributed by atoms with Gasteiger partial charge < -0.3 is 14.8 Å². The highest BCUT2D eigenvalue weighted by Crippen LogP contribution is 2.24. The van der Waals surface area contributed by atoms with Gasteiger partial charge >= 0.3 is 5.69 Å². The topological polar surface area (TPSA) is 109 Å². The van der Waals surface area contributed by atoms with Gasteiger partial charge in [0.25, 0.3) is 0 Å². The monoisotopic (exact) mass is 365 g/mol. The summed E-state index contributed by atoms with van der Waals surface area (Å²) >= 11 is 0. The number of fused-ring (bicyclic) bond motifs is 2. The smallest absolute Gasteiger partial charge is 0.327 e. The second kappa shape index (κ2) is 6.33. The Morgan fingerprint density at radius 2 is 2.04 bits per heavy atom. The summed E-state index contributed by atoms with van der Waals surface area (Å²) in [6, 6.07) is 5.95. The molecule has 5 heterocycles. The van der Waals surface area contributed by atoms with E-state index in [1.54, 1.807) is 17.0 Å². The number of aliphatic hydroxyl groups excluding tert-OH is 1. The Balaban J connectivity index is 1.55. The van der Waals surface area contributed by atoms with Crippen LogP contribution < -0.4 is 5.69 Å². The SMILES string of the molecule is O=c1[nH]c2ncc(-c3cnc4[nH]ccc4c3)cc2n1C[C@H]1C[C@H](O)CCO1. The quantitative estimate of drug-likeness (QED) is 0.513. The zero-order valence-electron chi connectivity index (χ0n) is 14.6. The second-order valence-corrected chi connectivity index (χ2v) is 6.94. The van der Waals surface area contributed by atoms with Crippen LogP contribution in [0.25, 0.3) is 33.3 Å². The number of aromatic nitrogens is 5. The van der Waals surface area contributed by atoms with Crippen LogP contribution in [0.15, 0.2) is 41.6 Å². The van der Waals surface area contributed by atoms with Crippen molar-refractivity contribution in [3.05, 3.63) is 47.3 Å². The third-order valence-corrected chi connectivity index (χ3v) is 5.09. The lowest BCUT2D eigenvalue weighted by atomic mass is 10.1. The largest absolute Gasteiger partial charge is 0.393 e. The maximum absolute atomic E-state index is 12.4. The first-order chi connectivity index (χ1) is 13.2. The van der Waals surface area contributed by atoms with Gasteiger partial charge in [-0.3, -0.25) is 9.55 Å². The highest BCUT2D eigenvalue weighted by atomic mass is 16.5. The molecule has 0 bridgehead atoms. The van der Waals surface area contributed by atoms with Crippen molar-refractivity contribution < 1.29 is 9.84 Å². The van der Waals surface area contributed by atoms with Crippen molar-refractivity contribution in [1.82, 2.24) is 24.5 Å². The number of rotatable bonds is 3. The Bertz CT molecular complexity index is 1170. The molecule has 1 aliphatic heterocycles. The number of aromatic amines is 2. The summed E-state index contributed by atoms with van der Waals surface area (Å²) in [5.74, 6) is 0. The molecule has 4 aromatic heterocycles. The van der Waals surface area contributed by atoms with Crippen LogP contribution in [0.3, 0.4) is 0 Å². The number of H-pyrrole nitrogens is 2. The molecule has 1 aliphatic rings. The van der Waals surface area contributed by atoms with Gasteiger partial charge in [0.05, 0.1) is 24.3 Å². The molecule has 4 aromatic rings. The van der Waals surface area contributed by atoms with Crippen molar-refractivity contribution in [2.24, 2.45) is 0 Å². The predicted molar refractivity (Wildman–Crippen MR) is 100 cm³/mol. The molecule has 8 heteroatoms. The van der Waals surface area contributed by atoms with E-state index in [0.29, 0.717) is 31.6 Å². The van der Waals surface area contributed by atoms with E-state index in [1.165, 1.54) is 0 Å². The maximum atomic E-state index is 12.4. The molecule has 0 aromatic carbocycles. The molecule has 0 aliphatic carbocycles. The number of hydrogen-bond donors (Lipinski definition) is 3. The van der Waals surface area contributed by atoms with Gasteiger partial charge in [-0.2, -0.15) is 0 Å². The van der Waals surface area contributed by atoms with Crippen LogP contribution in [-0.2, 0) is 11.3 Å². The number of imidazole rings is 1. The van der Waals surface area contributed by atoms with Crippen LogP contribution in [0.4, 0.5) is 0 Å². The van der Waals surface area contributed by atoms with Crippen molar-refractivity contribution in [1.29, 1.82) is 0 Å². The van der Waals surface area contributed by atoms with Gasteiger partial charge in [0.15, 0.2) is 5.65 Å². The van der Waals surface area contributed by atoms with Crippen LogP contribution in [0.1, 0.15) is 12.8 Å². The Morgan fingerprint density at radius 3 is 2.89 bits per heavy atom. The molecule has 138 valence electrons. The zero-order valence-corrected chi connectivity index (χ0v) is 14.6. The molecule has 3 N–H and O–H groups in total. The van der Waals surface area contributed by atoms with Crippen LogP contribution >= 0.6 is 0 Å². The van der Waals surface area contributed by atoms with E-state index in [-0.39, 0.29) is 17.9 Å². The van der Waals surface area contributed by atoms with Gasteiger partial charge in [-0.15, -0.1) is 0 Å². The molecular weight excluding hydrogens is 346 g/mol. The van der Waals surface area contributed by atoms with Crippen LogP contribution in [0.5, 0.6) is 0 Å². The van der Waals surface area contributed by atoms with Gasteiger partial charge in [0.2, 0.25) is 0 Å². The summed E-state index contributed by atoms with van der Waals surface area (Å²) in [5, 5.41) is 10.9. The van der Waals surface area contributed by atoms with E-state index in [2.05, 4.69) is 19.9 Å². The van der Waals surface area contributed by atoms with E-state index >= 15 is 0 Å². The van der Waals surface area contributed by atoms with Gasteiger partial charge in [-0.1, -0.05) is 0 Å². The number of aliphatic hydroxyl groups is 1. The third-order valence-electron chi connectivity index (χ3n) is 5.09. The van der Waals surface area contributed by atoms with Crippen LogP contribution in [0.2, 0.25) is 0 Å². The molecule has 0 amide bonds. The fourth-order valence-electron chi connectivity index (χ4n) is 3.66. The van der Waals surface area contributed by atoms with Gasteiger partial charge in [-0.05, 0) is 24.6 Å². The van der Waals surface area contributed by atoms with Crippen molar-refractivity contribution >= 4 is 22.2 Å². The van der Waals surface area contributed by atoms with Crippen molar-refractivity contribution in [3.8, 4) is 11.1 Å². The minimum absolute atomic E-state index is 0.188. The van der Waals surface area contributed by atoms with Gasteiger partial charge in [-0.25, -0.2) is 14.8 Å². The first-order valence-electron chi connectivity index (χ1n) is 8.99. The number of nitrogens with one attached hydrogen (secondary N) is 2. The lowest BCUT2D eigenvalue weighted by Crippen LogP contribution is -2.34. The molecule has 8 nitrogen and oxygen atoms in total. The molecule has 0 saturated carbocycles. The van der Waals surface area contributed by atoms with E-state index in [4.69, 9.17) is 4.74 Å². The van der Waals surface area contributed by atoms with Crippen molar-refractivity contribution in [3.63, 3.8) is 0 Å². The number of pyridine rings is 2. The number of ether oxygens (including phenoxy) is 1. The lowest BCUT2D eigenvalue weighted by molar-refractivity contribution is -0.0496. The number of nitrogens with zero attached hydrogens (tertiary/aromatic N) is 3. The highest BCUT2D eigenvalue weighted by molar-refractivity contribution is 5.84. The fraction of sp³-hybridized carbons (Fsp3) is 0.316. The second-order valence-electron chi connectivity index (χ2n) is 6.94.